The number of carbonyl (C=O) groups excluding carboxylic acids is 1. The zero-order valence-electron chi connectivity index (χ0n) is 13.4. The molecule has 0 aliphatic heterocycles. The van der Waals surface area contributed by atoms with Gasteiger partial charge in [0.1, 0.15) is 6.20 Å². The lowest BCUT2D eigenvalue weighted by molar-refractivity contribution is -0.391. The first-order chi connectivity index (χ1) is 11.5. The molecule has 0 saturated carbocycles. The molecule has 1 aromatic heterocycles. The van der Waals surface area contributed by atoms with Crippen molar-refractivity contribution in [2.75, 3.05) is 14.2 Å². The van der Waals surface area contributed by atoms with Gasteiger partial charge in [-0.25, -0.2) is 9.55 Å². The first kappa shape index (κ1) is 15.7. The standard InChI is InChI=1S/C16H15N3O5/c1-18-13(17-8-14(18)19(21)22)7-9-6-11-10(15(9)20)4-5-12(23-2)16(11)24-3/h4-5,7-8H,6H2,1-3H3. The van der Waals surface area contributed by atoms with Crippen LogP contribution in [0.3, 0.4) is 0 Å². The summed E-state index contributed by atoms with van der Waals surface area (Å²) in [5, 5.41) is 10.9. The van der Waals surface area contributed by atoms with Gasteiger partial charge in [-0.15, -0.1) is 0 Å². The number of carbonyl (C=O) groups is 1. The maximum atomic E-state index is 12.6. The molecule has 0 bridgehead atoms. The Morgan fingerprint density at radius 3 is 2.67 bits per heavy atom. The second kappa shape index (κ2) is 5.80. The predicted molar refractivity (Wildman–Crippen MR) is 85.4 cm³/mol. The van der Waals surface area contributed by atoms with E-state index in [9.17, 15) is 14.9 Å². The number of ketones is 1. The van der Waals surface area contributed by atoms with Gasteiger partial charge in [0.05, 0.1) is 21.3 Å². The summed E-state index contributed by atoms with van der Waals surface area (Å²) in [7, 11) is 4.59. The highest BCUT2D eigenvalue weighted by molar-refractivity contribution is 6.16. The molecule has 0 unspecified atom stereocenters. The lowest BCUT2D eigenvalue weighted by Crippen LogP contribution is -2.01. The maximum Gasteiger partial charge on any atom is 0.342 e. The molecule has 3 rings (SSSR count). The van der Waals surface area contributed by atoms with E-state index in [4.69, 9.17) is 9.47 Å². The summed E-state index contributed by atoms with van der Waals surface area (Å²) in [6.45, 7) is 0. The first-order valence-electron chi connectivity index (χ1n) is 7.13. The Bertz CT molecular complexity index is 882. The van der Waals surface area contributed by atoms with E-state index in [2.05, 4.69) is 4.98 Å². The molecule has 8 nitrogen and oxygen atoms in total. The molecule has 1 aliphatic carbocycles. The van der Waals surface area contributed by atoms with Crippen LogP contribution in [-0.2, 0) is 13.5 Å². The minimum atomic E-state index is -0.520. The molecular formula is C16H15N3O5. The van der Waals surface area contributed by atoms with Crippen LogP contribution < -0.4 is 9.47 Å². The summed E-state index contributed by atoms with van der Waals surface area (Å²) in [5.41, 5.74) is 1.79. The molecule has 1 heterocycles. The Kier molecular flexibility index (Phi) is 3.80. The number of benzene rings is 1. The number of hydrogen-bond acceptors (Lipinski definition) is 6. The second-order valence-corrected chi connectivity index (χ2v) is 5.29. The largest absolute Gasteiger partial charge is 0.493 e. The van der Waals surface area contributed by atoms with Crippen LogP contribution in [0, 0.1) is 10.1 Å². The van der Waals surface area contributed by atoms with Crippen LogP contribution in [0.2, 0.25) is 0 Å². The lowest BCUT2D eigenvalue weighted by Gasteiger charge is -2.10. The van der Waals surface area contributed by atoms with Gasteiger partial charge in [0.15, 0.2) is 17.3 Å². The van der Waals surface area contributed by atoms with Gasteiger partial charge in [-0.3, -0.25) is 4.79 Å². The lowest BCUT2D eigenvalue weighted by atomic mass is 10.1. The maximum absolute atomic E-state index is 12.6. The zero-order valence-corrected chi connectivity index (χ0v) is 13.4. The van der Waals surface area contributed by atoms with Gasteiger partial charge >= 0.3 is 5.82 Å². The Morgan fingerprint density at radius 2 is 2.08 bits per heavy atom. The third kappa shape index (κ3) is 2.32. The van der Waals surface area contributed by atoms with Crippen molar-refractivity contribution in [3.8, 4) is 11.5 Å². The molecule has 0 spiro atoms. The minimum absolute atomic E-state index is 0.135. The SMILES string of the molecule is COc1ccc2c(c1OC)CC(=Cc1ncc([N+](=O)[O-])n1C)C2=O. The second-order valence-electron chi connectivity index (χ2n) is 5.29. The summed E-state index contributed by atoms with van der Waals surface area (Å²) < 4.78 is 12.0. The zero-order chi connectivity index (χ0) is 17.4. The highest BCUT2D eigenvalue weighted by Crippen LogP contribution is 2.40. The van der Waals surface area contributed by atoms with Crippen molar-refractivity contribution >= 4 is 17.7 Å². The van der Waals surface area contributed by atoms with Gasteiger partial charge < -0.3 is 19.6 Å². The normalized spacial score (nSPS) is 14.8. The number of rotatable bonds is 4. The Hall–Kier alpha value is -3.16. The molecule has 0 radical (unpaired) electrons. The van der Waals surface area contributed by atoms with E-state index in [-0.39, 0.29) is 11.6 Å². The summed E-state index contributed by atoms with van der Waals surface area (Å²) in [4.78, 5) is 27.0. The topological polar surface area (TPSA) is 96.5 Å². The Balaban J connectivity index is 2.04. The number of methoxy groups -OCH3 is 2. The van der Waals surface area contributed by atoms with Gasteiger partial charge in [-0.2, -0.15) is 0 Å². The number of aromatic nitrogens is 2. The minimum Gasteiger partial charge on any atom is -0.493 e. The number of hydrogen-bond donors (Lipinski definition) is 0. The molecule has 2 aromatic rings. The van der Waals surface area contributed by atoms with Crippen LogP contribution in [0.15, 0.2) is 23.9 Å². The summed E-state index contributed by atoms with van der Waals surface area (Å²) in [6, 6.07) is 3.38. The number of nitro groups is 1. The van der Waals surface area contributed by atoms with Crippen LogP contribution in [0.5, 0.6) is 11.5 Å². The average molecular weight is 329 g/mol. The molecule has 0 fully saturated rings. The van der Waals surface area contributed by atoms with E-state index >= 15 is 0 Å². The fourth-order valence-corrected chi connectivity index (χ4v) is 2.81. The van der Waals surface area contributed by atoms with E-state index in [1.807, 2.05) is 0 Å². The number of imidazole rings is 1. The van der Waals surface area contributed by atoms with Crippen molar-refractivity contribution in [1.29, 1.82) is 0 Å². The van der Waals surface area contributed by atoms with Crippen LogP contribution in [-0.4, -0.2) is 34.5 Å². The smallest absolute Gasteiger partial charge is 0.342 e. The van der Waals surface area contributed by atoms with Gasteiger partial charge in [0.2, 0.25) is 5.82 Å². The van der Waals surface area contributed by atoms with Gasteiger partial charge in [0.25, 0.3) is 0 Å². The van der Waals surface area contributed by atoms with E-state index < -0.39 is 4.92 Å². The van der Waals surface area contributed by atoms with E-state index in [0.717, 1.165) is 5.56 Å². The monoisotopic (exact) mass is 329 g/mol. The van der Waals surface area contributed by atoms with Gasteiger partial charge in [-0.1, -0.05) is 0 Å². The Labute approximate surface area is 137 Å². The Morgan fingerprint density at radius 1 is 1.33 bits per heavy atom. The average Bonchev–Trinajstić information content (AvgIpc) is 3.08. The number of ether oxygens (including phenoxy) is 2. The van der Waals surface area contributed by atoms with Gasteiger partial charge in [0, 0.05) is 29.2 Å². The molecular weight excluding hydrogens is 314 g/mol. The number of allylic oxidation sites excluding steroid dienone is 1. The number of nitrogens with zero attached hydrogens (tertiary/aromatic N) is 3. The van der Waals surface area contributed by atoms with Crippen molar-refractivity contribution in [3.63, 3.8) is 0 Å². The molecule has 24 heavy (non-hydrogen) atoms. The van der Waals surface area contributed by atoms with Crippen molar-refractivity contribution < 1.29 is 19.2 Å². The third-order valence-electron chi connectivity index (χ3n) is 4.04. The van der Waals surface area contributed by atoms with E-state index in [1.54, 1.807) is 18.2 Å². The molecule has 1 aromatic carbocycles. The van der Waals surface area contributed by atoms with Crippen LogP contribution in [0.4, 0.5) is 5.82 Å². The highest BCUT2D eigenvalue weighted by atomic mass is 16.6. The molecule has 8 heteroatoms. The third-order valence-corrected chi connectivity index (χ3v) is 4.04. The number of fused-ring (bicyclic) bond motifs is 1. The predicted octanol–water partition coefficient (Wildman–Crippen LogP) is 2.17. The highest BCUT2D eigenvalue weighted by Gasteiger charge is 2.30. The molecule has 1 aliphatic rings. The van der Waals surface area contributed by atoms with Crippen LogP contribution >= 0.6 is 0 Å². The van der Waals surface area contributed by atoms with E-state index in [0.29, 0.717) is 34.9 Å². The van der Waals surface area contributed by atoms with Gasteiger partial charge in [-0.05, 0) is 17.1 Å². The molecule has 0 saturated heterocycles. The van der Waals surface area contributed by atoms with Crippen LogP contribution in [0.1, 0.15) is 21.7 Å². The summed E-state index contributed by atoms with van der Waals surface area (Å²) in [6.07, 6.45) is 3.10. The van der Waals surface area contributed by atoms with Crippen molar-refractivity contribution in [2.24, 2.45) is 7.05 Å². The molecule has 0 atom stereocenters. The fourth-order valence-electron chi connectivity index (χ4n) is 2.81. The first-order valence-corrected chi connectivity index (χ1v) is 7.13. The molecule has 124 valence electrons. The number of Topliss-reactive ketones (excluding diaryl/α,β-unsaturated/α-hetero) is 1. The summed E-state index contributed by atoms with van der Waals surface area (Å²) in [5.74, 6) is 1.15. The van der Waals surface area contributed by atoms with Crippen molar-refractivity contribution in [1.82, 2.24) is 9.55 Å². The molecule has 0 N–H and O–H groups in total. The fraction of sp³-hybridized carbons (Fsp3) is 0.250. The van der Waals surface area contributed by atoms with Crippen molar-refractivity contribution in [3.05, 3.63) is 51.0 Å². The summed E-state index contributed by atoms with van der Waals surface area (Å²) >= 11 is 0. The quantitative estimate of drug-likeness (QED) is 0.484. The van der Waals surface area contributed by atoms with Crippen molar-refractivity contribution in [2.45, 2.75) is 6.42 Å². The van der Waals surface area contributed by atoms with Crippen LogP contribution in [0.25, 0.3) is 6.08 Å². The van der Waals surface area contributed by atoms with E-state index in [1.165, 1.54) is 32.0 Å². The molecule has 0 amide bonds.